The Bertz CT molecular complexity index is 552. The Hall–Kier alpha value is -0.610. The monoisotopic (exact) mass is 331 g/mol. The summed E-state index contributed by atoms with van der Waals surface area (Å²) in [4.78, 5) is 14.9. The van der Waals surface area contributed by atoms with Gasteiger partial charge in [-0.2, -0.15) is 0 Å². The maximum Gasteiger partial charge on any atom is 0.0461 e. The van der Waals surface area contributed by atoms with Crippen molar-refractivity contribution in [3.05, 3.63) is 0 Å². The molecular formula is C20H31N2O2-. The molecule has 0 amide bonds. The maximum absolute atomic E-state index is 12.1. The Morgan fingerprint density at radius 2 is 2.04 bits per heavy atom. The van der Waals surface area contributed by atoms with Crippen molar-refractivity contribution in [2.75, 3.05) is 13.1 Å². The van der Waals surface area contributed by atoms with Gasteiger partial charge in [0, 0.05) is 35.4 Å². The van der Waals surface area contributed by atoms with Gasteiger partial charge in [-0.3, -0.25) is 4.90 Å². The van der Waals surface area contributed by atoms with E-state index < -0.39 is 5.97 Å². The molecule has 3 saturated heterocycles. The van der Waals surface area contributed by atoms with Crippen LogP contribution in [-0.4, -0.2) is 42.1 Å². The van der Waals surface area contributed by atoms with Gasteiger partial charge >= 0.3 is 0 Å². The quantitative estimate of drug-likeness (QED) is 0.834. The number of carbonyl (C=O) groups is 1. The molecule has 5 rings (SSSR count). The first-order valence-electron chi connectivity index (χ1n) is 10.3. The van der Waals surface area contributed by atoms with Gasteiger partial charge < -0.3 is 15.2 Å². The van der Waals surface area contributed by atoms with Crippen LogP contribution >= 0.6 is 0 Å². The minimum atomic E-state index is -0.791. The molecule has 0 aromatic rings. The van der Waals surface area contributed by atoms with E-state index in [0.717, 1.165) is 12.8 Å². The first kappa shape index (κ1) is 15.6. The van der Waals surface area contributed by atoms with Crippen LogP contribution in [0.25, 0.3) is 0 Å². The van der Waals surface area contributed by atoms with Gasteiger partial charge in [-0.15, -0.1) is 0 Å². The number of fused-ring (bicyclic) bond motifs is 1. The molecule has 2 aliphatic carbocycles. The molecule has 5 aliphatic rings. The second kappa shape index (κ2) is 5.20. The smallest absolute Gasteiger partial charge is 0.0461 e. The molecule has 4 heteroatoms. The van der Waals surface area contributed by atoms with Gasteiger partial charge in [-0.25, -0.2) is 0 Å². The molecule has 5 fully saturated rings. The molecule has 4 nitrogen and oxygen atoms in total. The number of nitrogens with zero attached hydrogens (tertiary/aromatic N) is 1. The van der Waals surface area contributed by atoms with Crippen LogP contribution in [-0.2, 0) is 4.79 Å². The van der Waals surface area contributed by atoms with Crippen molar-refractivity contribution < 1.29 is 9.90 Å². The fraction of sp³-hybridized carbons (Fsp3) is 0.950. The van der Waals surface area contributed by atoms with E-state index in [1.807, 2.05) is 0 Å². The molecular weight excluding hydrogens is 300 g/mol. The number of carboxylic acids is 1. The van der Waals surface area contributed by atoms with E-state index in [2.05, 4.69) is 17.1 Å². The fourth-order valence-electron chi connectivity index (χ4n) is 8.21. The van der Waals surface area contributed by atoms with Crippen LogP contribution in [0.1, 0.15) is 64.7 Å². The largest absolute Gasteiger partial charge is 0.550 e. The summed E-state index contributed by atoms with van der Waals surface area (Å²) in [6.07, 6.45) is 10.8. The fourth-order valence-corrected chi connectivity index (χ4v) is 8.21. The van der Waals surface area contributed by atoms with Crippen LogP contribution in [0.2, 0.25) is 0 Å². The van der Waals surface area contributed by atoms with Crippen LogP contribution < -0.4 is 10.4 Å². The number of nitrogens with one attached hydrogen (secondary N) is 1. The summed E-state index contributed by atoms with van der Waals surface area (Å²) >= 11 is 0. The van der Waals surface area contributed by atoms with Crippen LogP contribution in [0, 0.1) is 22.7 Å². The summed E-state index contributed by atoms with van der Waals surface area (Å²) in [5, 5.41) is 16.0. The molecule has 3 aliphatic heterocycles. The first-order valence-corrected chi connectivity index (χ1v) is 10.3. The zero-order valence-electron chi connectivity index (χ0n) is 14.9. The van der Waals surface area contributed by atoms with Gasteiger partial charge in [0.2, 0.25) is 0 Å². The third kappa shape index (κ3) is 1.74. The highest BCUT2D eigenvalue weighted by Crippen LogP contribution is 2.67. The third-order valence-corrected chi connectivity index (χ3v) is 8.87. The van der Waals surface area contributed by atoms with E-state index in [9.17, 15) is 9.90 Å². The number of carboxylic acid groups (broad SMARTS) is 1. The van der Waals surface area contributed by atoms with Crippen molar-refractivity contribution in [2.45, 2.75) is 82.8 Å². The minimum Gasteiger partial charge on any atom is -0.550 e. The molecule has 2 saturated carbocycles. The Labute approximate surface area is 145 Å². The summed E-state index contributed by atoms with van der Waals surface area (Å²) in [7, 11) is 0. The molecule has 24 heavy (non-hydrogen) atoms. The molecule has 0 unspecified atom stereocenters. The Morgan fingerprint density at radius 1 is 1.21 bits per heavy atom. The average Bonchev–Trinajstić information content (AvgIpc) is 3.15. The lowest BCUT2D eigenvalue weighted by molar-refractivity contribution is -0.317. The lowest BCUT2D eigenvalue weighted by Crippen LogP contribution is -2.67. The highest BCUT2D eigenvalue weighted by atomic mass is 16.4. The predicted molar refractivity (Wildman–Crippen MR) is 90.2 cm³/mol. The highest BCUT2D eigenvalue weighted by Gasteiger charge is 2.71. The lowest BCUT2D eigenvalue weighted by Gasteiger charge is -2.61. The number of hydrogen-bond donors (Lipinski definition) is 1. The molecule has 1 spiro atoms. The summed E-state index contributed by atoms with van der Waals surface area (Å²) in [6, 6.07) is 1.33. The van der Waals surface area contributed by atoms with Gasteiger partial charge in [0.25, 0.3) is 0 Å². The zero-order chi connectivity index (χ0) is 16.5. The summed E-state index contributed by atoms with van der Waals surface area (Å²) in [6.45, 7) is 4.73. The van der Waals surface area contributed by atoms with E-state index in [1.54, 1.807) is 0 Å². The van der Waals surface area contributed by atoms with Gasteiger partial charge in [0.05, 0.1) is 0 Å². The van der Waals surface area contributed by atoms with Crippen molar-refractivity contribution in [2.24, 2.45) is 22.7 Å². The van der Waals surface area contributed by atoms with E-state index >= 15 is 0 Å². The number of carbonyl (C=O) groups excluding carboxylic acids is 1. The van der Waals surface area contributed by atoms with Gasteiger partial charge in [0.1, 0.15) is 0 Å². The summed E-state index contributed by atoms with van der Waals surface area (Å²) < 4.78 is 0. The topological polar surface area (TPSA) is 55.4 Å². The minimum absolute atomic E-state index is 0.156. The van der Waals surface area contributed by atoms with E-state index in [4.69, 9.17) is 0 Å². The molecule has 0 bridgehead atoms. The Kier molecular flexibility index (Phi) is 3.39. The molecule has 0 aromatic heterocycles. The lowest BCUT2D eigenvalue weighted by atomic mass is 9.47. The molecule has 7 atom stereocenters. The Balaban J connectivity index is 1.66. The second-order valence-corrected chi connectivity index (χ2v) is 9.39. The number of aliphatic carboxylic acids is 1. The molecule has 3 heterocycles. The SMILES string of the molecule is CC[C@]12CCCN3CC[C@@]4([C@H]5CCCC[C@H]5N[C@H]4[C@@H](C(=O)[O-])C1)[C@@H]32. The van der Waals surface area contributed by atoms with Crippen LogP contribution in [0.5, 0.6) is 0 Å². The molecule has 0 radical (unpaired) electrons. The maximum atomic E-state index is 12.1. The standard InChI is InChI=1S/C20H32N2O2/c1-2-19-8-5-10-22-11-9-20(18(19)22)14-6-3-4-7-15(14)21-16(20)13(12-19)17(23)24/h13-16,18,21H,2-12H2,1H3,(H,23,24)/p-1/t13-,14-,15+,16-,18-,19-,20-/m0/s1. The van der Waals surface area contributed by atoms with E-state index in [0.29, 0.717) is 18.0 Å². The van der Waals surface area contributed by atoms with Gasteiger partial charge in [-0.05, 0) is 69.4 Å². The normalized spacial score (nSPS) is 53.3. The second-order valence-electron chi connectivity index (χ2n) is 9.39. The summed E-state index contributed by atoms with van der Waals surface area (Å²) in [5.74, 6) is -0.386. The number of hydrogen-bond acceptors (Lipinski definition) is 4. The number of rotatable bonds is 2. The molecule has 0 aromatic carbocycles. The summed E-state index contributed by atoms with van der Waals surface area (Å²) in [5.41, 5.74) is 0.411. The molecule has 134 valence electrons. The van der Waals surface area contributed by atoms with Crippen molar-refractivity contribution in [3.8, 4) is 0 Å². The van der Waals surface area contributed by atoms with Crippen molar-refractivity contribution in [1.29, 1.82) is 0 Å². The van der Waals surface area contributed by atoms with Crippen LogP contribution in [0.3, 0.4) is 0 Å². The average molecular weight is 331 g/mol. The first-order chi connectivity index (χ1) is 11.6. The van der Waals surface area contributed by atoms with Gasteiger partial charge in [-0.1, -0.05) is 19.8 Å². The number of piperidine rings is 1. The molecule has 1 N–H and O–H groups in total. The van der Waals surface area contributed by atoms with E-state index in [-0.39, 0.29) is 22.8 Å². The van der Waals surface area contributed by atoms with Gasteiger partial charge in [0.15, 0.2) is 0 Å². The zero-order valence-corrected chi connectivity index (χ0v) is 14.9. The van der Waals surface area contributed by atoms with Crippen molar-refractivity contribution in [1.82, 2.24) is 10.2 Å². The third-order valence-electron chi connectivity index (χ3n) is 8.87. The highest BCUT2D eigenvalue weighted by molar-refractivity contribution is 5.70. The van der Waals surface area contributed by atoms with Crippen LogP contribution in [0.4, 0.5) is 0 Å². The van der Waals surface area contributed by atoms with Crippen molar-refractivity contribution in [3.63, 3.8) is 0 Å². The van der Waals surface area contributed by atoms with Crippen LogP contribution in [0.15, 0.2) is 0 Å². The Morgan fingerprint density at radius 3 is 2.83 bits per heavy atom. The predicted octanol–water partition coefficient (Wildman–Crippen LogP) is 1.54. The van der Waals surface area contributed by atoms with Crippen molar-refractivity contribution >= 4 is 5.97 Å². The van der Waals surface area contributed by atoms with E-state index in [1.165, 1.54) is 58.0 Å².